The van der Waals surface area contributed by atoms with E-state index in [0.717, 1.165) is 5.39 Å². The number of piperazine rings is 1. The lowest BCUT2D eigenvalue weighted by molar-refractivity contribution is -0.128. The molecule has 0 aliphatic carbocycles. The molecule has 2 aromatic carbocycles. The Morgan fingerprint density at radius 1 is 1.16 bits per heavy atom. The summed E-state index contributed by atoms with van der Waals surface area (Å²) in [5.74, 6) is -0.214. The van der Waals surface area contributed by atoms with Gasteiger partial charge in [-0.05, 0) is 43.1 Å². The quantitative estimate of drug-likeness (QED) is 0.262. The van der Waals surface area contributed by atoms with Gasteiger partial charge in [0.05, 0.1) is 34.6 Å². The van der Waals surface area contributed by atoms with Gasteiger partial charge in [0, 0.05) is 43.2 Å². The molecule has 4 aromatic rings. The van der Waals surface area contributed by atoms with E-state index in [1.54, 1.807) is 11.0 Å². The fourth-order valence-corrected chi connectivity index (χ4v) is 6.34. The summed E-state index contributed by atoms with van der Waals surface area (Å²) in [7, 11) is 1.85. The fourth-order valence-electron chi connectivity index (χ4n) is 6.07. The van der Waals surface area contributed by atoms with Crippen molar-refractivity contribution in [3.05, 3.63) is 66.0 Å². The van der Waals surface area contributed by atoms with Crippen molar-refractivity contribution >= 4 is 45.1 Å². The zero-order chi connectivity index (χ0) is 31.0. The Bertz CT molecular complexity index is 1800. The highest BCUT2D eigenvalue weighted by atomic mass is 35.5. The molecule has 1 amide bonds. The summed E-state index contributed by atoms with van der Waals surface area (Å²) in [6, 6.07) is 14.0. The molecule has 4 heterocycles. The smallest absolute Gasteiger partial charge is 0.320 e. The summed E-state index contributed by atoms with van der Waals surface area (Å²) in [6.45, 7) is 5.30. The van der Waals surface area contributed by atoms with Gasteiger partial charge in [0.2, 0.25) is 5.91 Å². The zero-order valence-electron chi connectivity index (χ0n) is 24.1. The summed E-state index contributed by atoms with van der Waals surface area (Å²) in [4.78, 5) is 32.3. The van der Waals surface area contributed by atoms with Crippen LogP contribution in [0.25, 0.3) is 33.1 Å². The standard InChI is InChI=1S/C32H30ClF2N7O2/c1-3-27(43)42-14-13-41(17-21(42)11-12-36)31-24-8-10-26(23-6-4-5-19-7-9-25(35)29(33)28(19)23)37-30(24)38-32(39-31)44-18-22-15-20(34)16-40(22)2/h3-10,20-22H,1,11,13-18H2,2H3/t20-,21+,22+/m1/s1. The lowest BCUT2D eigenvalue weighted by Crippen LogP contribution is -2.55. The number of hydrogen-bond donors (Lipinski definition) is 0. The zero-order valence-corrected chi connectivity index (χ0v) is 24.8. The highest BCUT2D eigenvalue weighted by molar-refractivity contribution is 6.36. The van der Waals surface area contributed by atoms with E-state index in [-0.39, 0.29) is 42.1 Å². The topological polar surface area (TPSA) is 98.5 Å². The molecule has 44 heavy (non-hydrogen) atoms. The third-order valence-electron chi connectivity index (χ3n) is 8.34. The summed E-state index contributed by atoms with van der Waals surface area (Å²) in [5, 5.41) is 11.4. The Morgan fingerprint density at radius 3 is 2.75 bits per heavy atom. The highest BCUT2D eigenvalue weighted by Crippen LogP contribution is 2.36. The number of carbonyl (C=O) groups excluding carboxylic acids is 1. The van der Waals surface area contributed by atoms with Crippen molar-refractivity contribution in [1.29, 1.82) is 5.26 Å². The van der Waals surface area contributed by atoms with Crippen molar-refractivity contribution in [2.75, 3.05) is 44.7 Å². The van der Waals surface area contributed by atoms with Gasteiger partial charge >= 0.3 is 6.01 Å². The van der Waals surface area contributed by atoms with Crippen LogP contribution < -0.4 is 9.64 Å². The number of halogens is 3. The maximum Gasteiger partial charge on any atom is 0.320 e. The molecule has 2 fully saturated rings. The Kier molecular flexibility index (Phi) is 8.29. The van der Waals surface area contributed by atoms with Crippen molar-refractivity contribution < 1.29 is 18.3 Å². The average Bonchev–Trinajstić information content (AvgIpc) is 3.36. The largest absolute Gasteiger partial charge is 0.462 e. The molecule has 226 valence electrons. The minimum absolute atomic E-state index is 0.00900. The Hall–Kier alpha value is -4.40. The molecule has 0 spiro atoms. The number of aromatic nitrogens is 3. The van der Waals surface area contributed by atoms with Crippen molar-refractivity contribution in [3.8, 4) is 23.3 Å². The van der Waals surface area contributed by atoms with Crippen LogP contribution in [-0.4, -0.2) is 88.7 Å². The number of alkyl halides is 1. The maximum absolute atomic E-state index is 14.5. The van der Waals surface area contributed by atoms with E-state index in [9.17, 15) is 18.8 Å². The van der Waals surface area contributed by atoms with Crippen LogP contribution in [0.1, 0.15) is 12.8 Å². The number of nitrogens with zero attached hydrogens (tertiary/aromatic N) is 7. The van der Waals surface area contributed by atoms with Gasteiger partial charge in [-0.25, -0.2) is 13.8 Å². The first-order valence-electron chi connectivity index (χ1n) is 14.3. The lowest BCUT2D eigenvalue weighted by atomic mass is 10.0. The van der Waals surface area contributed by atoms with Crippen LogP contribution in [0.2, 0.25) is 5.02 Å². The average molecular weight is 618 g/mol. The Morgan fingerprint density at radius 2 is 2.00 bits per heavy atom. The van der Waals surface area contributed by atoms with E-state index in [1.807, 2.05) is 47.2 Å². The van der Waals surface area contributed by atoms with Crippen LogP contribution in [0.5, 0.6) is 6.01 Å². The fraction of sp³-hybridized carbons (Fsp3) is 0.344. The predicted octanol–water partition coefficient (Wildman–Crippen LogP) is 5.18. The molecule has 0 unspecified atom stereocenters. The van der Waals surface area contributed by atoms with E-state index >= 15 is 0 Å². The first-order chi connectivity index (χ1) is 21.3. The molecule has 2 aromatic heterocycles. The number of pyridine rings is 1. The minimum Gasteiger partial charge on any atom is -0.462 e. The van der Waals surface area contributed by atoms with Gasteiger partial charge < -0.3 is 14.5 Å². The summed E-state index contributed by atoms with van der Waals surface area (Å²) < 4.78 is 34.6. The van der Waals surface area contributed by atoms with Gasteiger partial charge in [0.1, 0.15) is 24.4 Å². The van der Waals surface area contributed by atoms with E-state index < -0.39 is 12.0 Å². The number of ether oxygens (including phenoxy) is 1. The maximum atomic E-state index is 14.5. The van der Waals surface area contributed by atoms with E-state index in [4.69, 9.17) is 26.3 Å². The van der Waals surface area contributed by atoms with Crippen LogP contribution in [0.15, 0.2) is 55.1 Å². The van der Waals surface area contributed by atoms with E-state index in [0.29, 0.717) is 66.1 Å². The third-order valence-corrected chi connectivity index (χ3v) is 8.71. The number of likely N-dealkylation sites (tertiary alicyclic amines) is 1. The number of anilines is 1. The van der Waals surface area contributed by atoms with Crippen molar-refractivity contribution in [3.63, 3.8) is 0 Å². The second-order valence-electron chi connectivity index (χ2n) is 11.1. The highest BCUT2D eigenvalue weighted by Gasteiger charge is 2.32. The van der Waals surface area contributed by atoms with Crippen molar-refractivity contribution in [2.45, 2.75) is 31.1 Å². The number of likely N-dealkylation sites (N-methyl/N-ethyl adjacent to an activating group) is 1. The molecule has 3 atom stereocenters. The lowest BCUT2D eigenvalue weighted by Gasteiger charge is -2.41. The van der Waals surface area contributed by atoms with E-state index in [2.05, 4.69) is 17.6 Å². The van der Waals surface area contributed by atoms with Crippen LogP contribution in [-0.2, 0) is 4.79 Å². The molecule has 0 radical (unpaired) electrons. The molecule has 12 heteroatoms. The second kappa shape index (κ2) is 12.3. The van der Waals surface area contributed by atoms with Gasteiger partial charge in [-0.1, -0.05) is 42.4 Å². The van der Waals surface area contributed by atoms with Crippen molar-refractivity contribution in [2.24, 2.45) is 0 Å². The normalized spacial score (nSPS) is 20.7. The van der Waals surface area contributed by atoms with Gasteiger partial charge in [-0.15, -0.1) is 0 Å². The first kappa shape index (κ1) is 29.7. The SMILES string of the molecule is C=CC(=O)N1CCN(c2nc(OC[C@@H]3C[C@@H](F)CN3C)nc3nc(-c4cccc5ccc(F)c(Cl)c45)ccc23)C[C@@H]1CC#N. The van der Waals surface area contributed by atoms with Crippen LogP contribution in [0, 0.1) is 17.1 Å². The number of carbonyl (C=O) groups is 1. The number of fused-ring (bicyclic) bond motifs is 2. The molecule has 0 N–H and O–H groups in total. The van der Waals surface area contributed by atoms with Gasteiger partial charge in [0.25, 0.3) is 0 Å². The molecule has 9 nitrogen and oxygen atoms in total. The molecule has 2 aliphatic heterocycles. The molecule has 0 bridgehead atoms. The Balaban J connectivity index is 1.43. The summed E-state index contributed by atoms with van der Waals surface area (Å²) >= 11 is 6.42. The minimum atomic E-state index is -0.921. The van der Waals surface area contributed by atoms with Crippen molar-refractivity contribution in [1.82, 2.24) is 24.8 Å². The number of benzene rings is 2. The predicted molar refractivity (Wildman–Crippen MR) is 165 cm³/mol. The van der Waals surface area contributed by atoms with Gasteiger partial charge in [-0.3, -0.25) is 9.69 Å². The molecule has 2 aliphatic rings. The molecule has 6 rings (SSSR count). The number of rotatable bonds is 7. The van der Waals surface area contributed by atoms with Crippen LogP contribution in [0.3, 0.4) is 0 Å². The molecule has 2 saturated heterocycles. The van der Waals surface area contributed by atoms with Gasteiger partial charge in [0.15, 0.2) is 5.65 Å². The first-order valence-corrected chi connectivity index (χ1v) is 14.7. The monoisotopic (exact) mass is 617 g/mol. The van der Waals surface area contributed by atoms with Gasteiger partial charge in [-0.2, -0.15) is 15.2 Å². The number of hydrogen-bond acceptors (Lipinski definition) is 8. The van der Waals surface area contributed by atoms with E-state index in [1.165, 1.54) is 12.1 Å². The molecular weight excluding hydrogens is 588 g/mol. The van der Waals surface area contributed by atoms with Crippen LogP contribution in [0.4, 0.5) is 14.6 Å². The van der Waals surface area contributed by atoms with Crippen LogP contribution >= 0.6 is 11.6 Å². The third kappa shape index (κ3) is 5.63. The molecular formula is C32H30ClF2N7O2. The summed E-state index contributed by atoms with van der Waals surface area (Å²) in [6.07, 6.45) is 0.828. The second-order valence-corrected chi connectivity index (χ2v) is 11.5. The summed E-state index contributed by atoms with van der Waals surface area (Å²) in [5.41, 5.74) is 1.52. The Labute approximate surface area is 258 Å². The number of amides is 1. The number of nitriles is 1. The molecule has 0 saturated carbocycles.